The van der Waals surface area contributed by atoms with Crippen molar-refractivity contribution in [3.63, 3.8) is 0 Å². The Bertz CT molecular complexity index is 633. The fourth-order valence-corrected chi connectivity index (χ4v) is 3.10. The summed E-state index contributed by atoms with van der Waals surface area (Å²) in [6, 6.07) is 8.76. The lowest BCUT2D eigenvalue weighted by molar-refractivity contribution is 0.349. The number of nitrogens with one attached hydrogen (secondary N) is 1. The van der Waals surface area contributed by atoms with Gasteiger partial charge in [0.15, 0.2) is 0 Å². The molecule has 112 valence electrons. The molecule has 2 heterocycles. The zero-order chi connectivity index (χ0) is 14.8. The highest BCUT2D eigenvalue weighted by Crippen LogP contribution is 2.36. The Hall–Kier alpha value is -1.81. The molecule has 1 N–H and O–H groups in total. The molecule has 0 bridgehead atoms. The molecule has 1 aromatic heterocycles. The second kappa shape index (κ2) is 5.90. The summed E-state index contributed by atoms with van der Waals surface area (Å²) >= 11 is 0. The molecular formula is C17H23N3O. The molecule has 21 heavy (non-hydrogen) atoms. The molecule has 3 rings (SSSR count). The van der Waals surface area contributed by atoms with Crippen LogP contribution in [-0.2, 0) is 13.0 Å². The van der Waals surface area contributed by atoms with Crippen molar-refractivity contribution in [1.82, 2.24) is 15.1 Å². The number of hydrogen-bond donors (Lipinski definition) is 1. The van der Waals surface area contributed by atoms with E-state index in [1.807, 2.05) is 6.92 Å². The highest BCUT2D eigenvalue weighted by atomic mass is 16.5. The van der Waals surface area contributed by atoms with E-state index >= 15 is 0 Å². The van der Waals surface area contributed by atoms with E-state index < -0.39 is 0 Å². The average molecular weight is 285 g/mol. The van der Waals surface area contributed by atoms with Gasteiger partial charge in [0.1, 0.15) is 5.75 Å². The van der Waals surface area contributed by atoms with Crippen molar-refractivity contribution in [1.29, 1.82) is 0 Å². The lowest BCUT2D eigenvalue weighted by atomic mass is 9.99. The molecule has 0 radical (unpaired) electrons. The predicted molar refractivity (Wildman–Crippen MR) is 83.8 cm³/mol. The largest absolute Gasteiger partial charge is 0.493 e. The smallest absolute Gasteiger partial charge is 0.127 e. The minimum Gasteiger partial charge on any atom is -0.493 e. The maximum absolute atomic E-state index is 5.89. The Morgan fingerprint density at radius 2 is 2.24 bits per heavy atom. The maximum Gasteiger partial charge on any atom is 0.127 e. The van der Waals surface area contributed by atoms with Crippen molar-refractivity contribution in [3.05, 3.63) is 46.8 Å². The van der Waals surface area contributed by atoms with Gasteiger partial charge in [-0.2, -0.15) is 5.10 Å². The van der Waals surface area contributed by atoms with E-state index in [1.54, 1.807) is 0 Å². The molecule has 1 aliphatic rings. The van der Waals surface area contributed by atoms with Gasteiger partial charge in [0.25, 0.3) is 0 Å². The summed E-state index contributed by atoms with van der Waals surface area (Å²) in [4.78, 5) is 0. The Morgan fingerprint density at radius 3 is 3.00 bits per heavy atom. The number of aryl methyl sites for hydroxylation is 2. The van der Waals surface area contributed by atoms with Gasteiger partial charge in [-0.15, -0.1) is 0 Å². The Morgan fingerprint density at radius 1 is 1.38 bits per heavy atom. The van der Waals surface area contributed by atoms with Gasteiger partial charge in [-0.05, 0) is 32.0 Å². The topological polar surface area (TPSA) is 39.1 Å². The average Bonchev–Trinajstić information content (AvgIpc) is 3.10. The second-order valence-corrected chi connectivity index (χ2v) is 5.45. The Labute approximate surface area is 126 Å². The summed E-state index contributed by atoms with van der Waals surface area (Å²) in [5.74, 6) is 1.06. The number of fused-ring (bicyclic) bond motifs is 1. The summed E-state index contributed by atoms with van der Waals surface area (Å²) in [6.07, 6.45) is 1.01. The first-order valence-corrected chi connectivity index (χ1v) is 7.76. The number of aromatic nitrogens is 2. The lowest BCUT2D eigenvalue weighted by Gasteiger charge is -2.21. The van der Waals surface area contributed by atoms with E-state index in [1.165, 1.54) is 16.8 Å². The fourth-order valence-electron chi connectivity index (χ4n) is 3.10. The van der Waals surface area contributed by atoms with E-state index in [-0.39, 0.29) is 6.04 Å². The monoisotopic (exact) mass is 285 g/mol. The van der Waals surface area contributed by atoms with Crippen LogP contribution in [0.5, 0.6) is 5.75 Å². The predicted octanol–water partition coefficient (Wildman–Crippen LogP) is 2.85. The molecule has 0 amide bonds. The second-order valence-electron chi connectivity index (χ2n) is 5.45. The molecular weight excluding hydrogens is 262 g/mol. The summed E-state index contributed by atoms with van der Waals surface area (Å²) < 4.78 is 7.97. The molecule has 1 aromatic carbocycles. The zero-order valence-corrected chi connectivity index (χ0v) is 13.0. The van der Waals surface area contributed by atoms with E-state index in [2.05, 4.69) is 53.2 Å². The van der Waals surface area contributed by atoms with Gasteiger partial charge < -0.3 is 10.1 Å². The molecule has 0 saturated carbocycles. The highest BCUT2D eigenvalue weighted by molar-refractivity contribution is 5.48. The molecule has 1 atom stereocenters. The normalized spacial score (nSPS) is 14.8. The third-order valence-electron chi connectivity index (χ3n) is 3.99. The first-order chi connectivity index (χ1) is 10.2. The number of ether oxygens (including phenoxy) is 1. The summed E-state index contributed by atoms with van der Waals surface area (Å²) in [7, 11) is 0. The van der Waals surface area contributed by atoms with Crippen molar-refractivity contribution >= 4 is 0 Å². The third-order valence-corrected chi connectivity index (χ3v) is 3.99. The van der Waals surface area contributed by atoms with E-state index in [0.717, 1.165) is 37.6 Å². The van der Waals surface area contributed by atoms with E-state index in [0.29, 0.717) is 0 Å². The van der Waals surface area contributed by atoms with Gasteiger partial charge in [0.05, 0.1) is 24.0 Å². The van der Waals surface area contributed by atoms with Crippen LogP contribution in [0.3, 0.4) is 0 Å². The molecule has 1 unspecified atom stereocenters. The number of para-hydroxylation sites is 1. The van der Waals surface area contributed by atoms with Crippen molar-refractivity contribution in [2.45, 2.75) is 39.8 Å². The van der Waals surface area contributed by atoms with Crippen LogP contribution < -0.4 is 10.1 Å². The van der Waals surface area contributed by atoms with Gasteiger partial charge in [0, 0.05) is 18.5 Å². The minimum absolute atomic E-state index is 0.129. The molecule has 0 fully saturated rings. The summed E-state index contributed by atoms with van der Waals surface area (Å²) in [5.41, 5.74) is 4.81. The van der Waals surface area contributed by atoms with Crippen molar-refractivity contribution in [3.8, 4) is 5.75 Å². The highest BCUT2D eigenvalue weighted by Gasteiger charge is 2.25. The van der Waals surface area contributed by atoms with Crippen LogP contribution >= 0.6 is 0 Å². The molecule has 1 aliphatic heterocycles. The first kappa shape index (κ1) is 14.1. The summed E-state index contributed by atoms with van der Waals surface area (Å²) in [6.45, 7) is 8.88. The molecule has 0 spiro atoms. The van der Waals surface area contributed by atoms with Crippen molar-refractivity contribution in [2.24, 2.45) is 0 Å². The van der Waals surface area contributed by atoms with Gasteiger partial charge in [-0.25, -0.2) is 0 Å². The first-order valence-electron chi connectivity index (χ1n) is 7.76. The third kappa shape index (κ3) is 2.56. The van der Waals surface area contributed by atoms with Crippen LogP contribution in [0.4, 0.5) is 0 Å². The molecule has 2 aromatic rings. The molecule has 0 aliphatic carbocycles. The van der Waals surface area contributed by atoms with Gasteiger partial charge >= 0.3 is 0 Å². The number of nitrogens with zero attached hydrogens (tertiary/aromatic N) is 2. The van der Waals surface area contributed by atoms with Crippen LogP contribution in [0, 0.1) is 6.92 Å². The zero-order valence-electron chi connectivity index (χ0n) is 13.0. The number of hydrogen-bond acceptors (Lipinski definition) is 3. The minimum atomic E-state index is 0.129. The van der Waals surface area contributed by atoms with Gasteiger partial charge in [0.2, 0.25) is 0 Å². The van der Waals surface area contributed by atoms with Crippen LogP contribution in [0.25, 0.3) is 0 Å². The summed E-state index contributed by atoms with van der Waals surface area (Å²) in [5, 5.41) is 8.18. The van der Waals surface area contributed by atoms with Gasteiger partial charge in [-0.1, -0.05) is 25.1 Å². The van der Waals surface area contributed by atoms with E-state index in [9.17, 15) is 0 Å². The van der Waals surface area contributed by atoms with Crippen LogP contribution in [0.2, 0.25) is 0 Å². The standard InChI is InChI=1S/C17H23N3O/c1-4-18-16(15-11-12(3)19-20(15)5-2)14-8-6-7-13-9-10-21-17(13)14/h6-8,11,16,18H,4-5,9-10H2,1-3H3. The molecule has 0 saturated heterocycles. The van der Waals surface area contributed by atoms with E-state index in [4.69, 9.17) is 4.74 Å². The fraction of sp³-hybridized carbons (Fsp3) is 0.471. The van der Waals surface area contributed by atoms with Crippen LogP contribution in [-0.4, -0.2) is 22.9 Å². The number of rotatable bonds is 5. The Balaban J connectivity index is 2.08. The maximum atomic E-state index is 5.89. The van der Waals surface area contributed by atoms with Crippen LogP contribution in [0.15, 0.2) is 24.3 Å². The van der Waals surface area contributed by atoms with Crippen molar-refractivity contribution < 1.29 is 4.74 Å². The van der Waals surface area contributed by atoms with Crippen molar-refractivity contribution in [2.75, 3.05) is 13.2 Å². The number of benzene rings is 1. The van der Waals surface area contributed by atoms with Gasteiger partial charge in [-0.3, -0.25) is 4.68 Å². The molecule has 4 nitrogen and oxygen atoms in total. The molecule has 4 heteroatoms. The SMILES string of the molecule is CCNC(c1cccc2c1OCC2)c1cc(C)nn1CC. The Kier molecular flexibility index (Phi) is 3.97. The lowest BCUT2D eigenvalue weighted by Crippen LogP contribution is -2.25. The quantitative estimate of drug-likeness (QED) is 0.918. The van der Waals surface area contributed by atoms with Crippen LogP contribution in [0.1, 0.15) is 42.4 Å².